The minimum absolute atomic E-state index is 0.0725. The first-order chi connectivity index (χ1) is 12.8. The summed E-state index contributed by atoms with van der Waals surface area (Å²) < 4.78 is 0. The maximum atomic E-state index is 12.4. The van der Waals surface area contributed by atoms with Gasteiger partial charge in [0.1, 0.15) is 0 Å². The lowest BCUT2D eigenvalue weighted by molar-refractivity contribution is -0.122. The topological polar surface area (TPSA) is 105 Å². The predicted octanol–water partition coefficient (Wildman–Crippen LogP) is 1.99. The second kappa shape index (κ2) is 8.95. The standard InChI is InChI=1S/C20H24N4O3/c1-13-4-8-16(9-5-13)22-18(25)12-24(3)14(2)20(27)23-17-10-6-15(7-11-17)19(21)26/h4-11,14H,12H2,1-3H3,(H2,21,26)(H,22,25)(H,23,27)/t14-/m0/s1. The van der Waals surface area contributed by atoms with Gasteiger partial charge >= 0.3 is 0 Å². The predicted molar refractivity (Wildman–Crippen MR) is 105 cm³/mol. The van der Waals surface area contributed by atoms with Crippen LogP contribution in [0.4, 0.5) is 11.4 Å². The number of rotatable bonds is 7. The lowest BCUT2D eigenvalue weighted by Crippen LogP contribution is -2.43. The summed E-state index contributed by atoms with van der Waals surface area (Å²) in [7, 11) is 1.70. The summed E-state index contributed by atoms with van der Waals surface area (Å²) in [5, 5.41) is 5.56. The van der Waals surface area contributed by atoms with Gasteiger partial charge in [0.15, 0.2) is 0 Å². The van der Waals surface area contributed by atoms with E-state index in [-0.39, 0.29) is 18.4 Å². The number of nitrogens with one attached hydrogen (secondary N) is 2. The molecule has 0 aliphatic heterocycles. The van der Waals surface area contributed by atoms with Gasteiger partial charge in [-0.2, -0.15) is 0 Å². The van der Waals surface area contributed by atoms with Gasteiger partial charge in [0.2, 0.25) is 17.7 Å². The van der Waals surface area contributed by atoms with Gasteiger partial charge in [-0.05, 0) is 57.3 Å². The molecule has 0 saturated carbocycles. The molecule has 0 radical (unpaired) electrons. The monoisotopic (exact) mass is 368 g/mol. The Morgan fingerprint density at radius 2 is 1.48 bits per heavy atom. The van der Waals surface area contributed by atoms with E-state index in [0.717, 1.165) is 5.56 Å². The maximum absolute atomic E-state index is 12.4. The number of primary amides is 1. The van der Waals surface area contributed by atoms with Crippen LogP contribution < -0.4 is 16.4 Å². The fourth-order valence-corrected chi connectivity index (χ4v) is 2.37. The molecule has 2 aromatic carbocycles. The van der Waals surface area contributed by atoms with E-state index >= 15 is 0 Å². The van der Waals surface area contributed by atoms with E-state index in [1.165, 1.54) is 0 Å². The first kappa shape index (κ1) is 20.1. The van der Waals surface area contributed by atoms with Gasteiger partial charge in [-0.25, -0.2) is 0 Å². The van der Waals surface area contributed by atoms with Crippen LogP contribution >= 0.6 is 0 Å². The Kier molecular flexibility index (Phi) is 6.67. The van der Waals surface area contributed by atoms with Crippen LogP contribution in [-0.4, -0.2) is 42.3 Å². The fourth-order valence-electron chi connectivity index (χ4n) is 2.37. The molecule has 142 valence electrons. The van der Waals surface area contributed by atoms with Gasteiger partial charge in [0.25, 0.3) is 0 Å². The second-order valence-corrected chi connectivity index (χ2v) is 6.44. The zero-order valence-electron chi connectivity index (χ0n) is 15.7. The summed E-state index contributed by atoms with van der Waals surface area (Å²) in [4.78, 5) is 37.3. The number of carbonyl (C=O) groups excluding carboxylic acids is 3. The molecule has 1 atom stereocenters. The Labute approximate surface area is 158 Å². The van der Waals surface area contributed by atoms with Crippen molar-refractivity contribution < 1.29 is 14.4 Å². The van der Waals surface area contributed by atoms with Crippen LogP contribution in [-0.2, 0) is 9.59 Å². The van der Waals surface area contributed by atoms with Crippen LogP contribution in [0.15, 0.2) is 48.5 Å². The summed E-state index contributed by atoms with van der Waals surface area (Å²) in [5.74, 6) is -0.986. The molecule has 0 aliphatic rings. The number of anilines is 2. The second-order valence-electron chi connectivity index (χ2n) is 6.44. The highest BCUT2D eigenvalue weighted by Crippen LogP contribution is 2.11. The Morgan fingerprint density at radius 1 is 0.963 bits per heavy atom. The highest BCUT2D eigenvalue weighted by molar-refractivity contribution is 5.97. The highest BCUT2D eigenvalue weighted by atomic mass is 16.2. The van der Waals surface area contributed by atoms with Crippen molar-refractivity contribution >= 4 is 29.1 Å². The molecule has 0 unspecified atom stereocenters. The molecule has 3 amide bonds. The van der Waals surface area contributed by atoms with E-state index in [1.807, 2.05) is 31.2 Å². The van der Waals surface area contributed by atoms with Crippen molar-refractivity contribution in [2.75, 3.05) is 24.2 Å². The number of benzene rings is 2. The van der Waals surface area contributed by atoms with Crippen LogP contribution in [0.5, 0.6) is 0 Å². The van der Waals surface area contributed by atoms with Gasteiger partial charge in [-0.15, -0.1) is 0 Å². The molecular weight excluding hydrogens is 344 g/mol. The lowest BCUT2D eigenvalue weighted by atomic mass is 10.2. The van der Waals surface area contributed by atoms with Crippen molar-refractivity contribution in [1.82, 2.24) is 4.90 Å². The number of nitrogens with zero attached hydrogens (tertiary/aromatic N) is 1. The molecule has 0 aliphatic carbocycles. The third-order valence-corrected chi connectivity index (χ3v) is 4.21. The number of amides is 3. The van der Waals surface area contributed by atoms with E-state index in [9.17, 15) is 14.4 Å². The molecule has 0 saturated heterocycles. The van der Waals surface area contributed by atoms with Gasteiger partial charge < -0.3 is 16.4 Å². The van der Waals surface area contributed by atoms with Gasteiger partial charge in [0, 0.05) is 16.9 Å². The average molecular weight is 368 g/mol. The van der Waals surface area contributed by atoms with Crippen LogP contribution in [0.2, 0.25) is 0 Å². The lowest BCUT2D eigenvalue weighted by Gasteiger charge is -2.23. The van der Waals surface area contributed by atoms with Gasteiger partial charge in [-0.3, -0.25) is 19.3 Å². The number of hydrogen-bond donors (Lipinski definition) is 3. The Hall–Kier alpha value is -3.19. The van der Waals surface area contributed by atoms with Gasteiger partial charge in [0.05, 0.1) is 12.6 Å². The molecule has 0 aromatic heterocycles. The molecule has 27 heavy (non-hydrogen) atoms. The number of aryl methyl sites for hydroxylation is 1. The zero-order valence-corrected chi connectivity index (χ0v) is 15.7. The van der Waals surface area contributed by atoms with Crippen molar-refractivity contribution in [3.05, 3.63) is 59.7 Å². The third-order valence-electron chi connectivity index (χ3n) is 4.21. The Bertz CT molecular complexity index is 816. The molecule has 0 heterocycles. The number of nitrogens with two attached hydrogens (primary N) is 1. The summed E-state index contributed by atoms with van der Waals surface area (Å²) in [6.45, 7) is 3.76. The fraction of sp³-hybridized carbons (Fsp3) is 0.250. The smallest absolute Gasteiger partial charge is 0.248 e. The molecule has 0 spiro atoms. The zero-order chi connectivity index (χ0) is 20.0. The molecule has 2 rings (SSSR count). The van der Waals surface area contributed by atoms with E-state index in [1.54, 1.807) is 43.1 Å². The molecular formula is C20H24N4O3. The normalized spacial score (nSPS) is 11.7. The highest BCUT2D eigenvalue weighted by Gasteiger charge is 2.20. The SMILES string of the molecule is Cc1ccc(NC(=O)CN(C)[C@@H](C)C(=O)Nc2ccc(C(N)=O)cc2)cc1. The summed E-state index contributed by atoms with van der Waals surface area (Å²) in [6, 6.07) is 13.3. The maximum Gasteiger partial charge on any atom is 0.248 e. The van der Waals surface area contributed by atoms with Crippen LogP contribution in [0.1, 0.15) is 22.8 Å². The van der Waals surface area contributed by atoms with Crippen molar-refractivity contribution in [1.29, 1.82) is 0 Å². The van der Waals surface area contributed by atoms with Crippen molar-refractivity contribution in [2.45, 2.75) is 19.9 Å². The van der Waals surface area contributed by atoms with Crippen molar-refractivity contribution in [3.8, 4) is 0 Å². The molecule has 7 heteroatoms. The van der Waals surface area contributed by atoms with Crippen LogP contribution in [0.25, 0.3) is 0 Å². The minimum atomic E-state index is -0.527. The molecule has 0 fully saturated rings. The summed E-state index contributed by atoms with van der Waals surface area (Å²) in [6.07, 6.45) is 0. The first-order valence-corrected chi connectivity index (χ1v) is 8.54. The molecule has 0 bridgehead atoms. The van der Waals surface area contributed by atoms with Gasteiger partial charge in [-0.1, -0.05) is 17.7 Å². The number of carbonyl (C=O) groups is 3. The van der Waals surface area contributed by atoms with Crippen molar-refractivity contribution in [3.63, 3.8) is 0 Å². The molecule has 2 aromatic rings. The van der Waals surface area contributed by atoms with E-state index in [2.05, 4.69) is 10.6 Å². The largest absolute Gasteiger partial charge is 0.366 e. The minimum Gasteiger partial charge on any atom is -0.366 e. The summed E-state index contributed by atoms with van der Waals surface area (Å²) >= 11 is 0. The van der Waals surface area contributed by atoms with E-state index in [4.69, 9.17) is 5.73 Å². The third kappa shape index (κ3) is 5.93. The number of hydrogen-bond acceptors (Lipinski definition) is 4. The van der Waals surface area contributed by atoms with E-state index in [0.29, 0.717) is 16.9 Å². The van der Waals surface area contributed by atoms with Crippen LogP contribution in [0, 0.1) is 6.92 Å². The Morgan fingerprint density at radius 3 is 2.04 bits per heavy atom. The summed E-state index contributed by atoms with van der Waals surface area (Å²) in [5.41, 5.74) is 7.93. The van der Waals surface area contributed by atoms with E-state index < -0.39 is 11.9 Å². The Balaban J connectivity index is 1.88. The van der Waals surface area contributed by atoms with Crippen molar-refractivity contribution in [2.24, 2.45) is 5.73 Å². The quantitative estimate of drug-likeness (QED) is 0.695. The van der Waals surface area contributed by atoms with Crippen LogP contribution in [0.3, 0.4) is 0 Å². The number of likely N-dealkylation sites (N-methyl/N-ethyl adjacent to an activating group) is 1. The molecule has 4 N–H and O–H groups in total. The average Bonchev–Trinajstić information content (AvgIpc) is 2.63. The first-order valence-electron chi connectivity index (χ1n) is 8.54. The molecule has 7 nitrogen and oxygen atoms in total.